The maximum atomic E-state index is 5.14. The fourth-order valence-electron chi connectivity index (χ4n) is 1.07. The molecule has 0 amide bonds. The predicted octanol–water partition coefficient (Wildman–Crippen LogP) is 1.15. The first-order valence-electron chi connectivity index (χ1n) is 4.20. The van der Waals surface area contributed by atoms with Crippen LogP contribution in [0.25, 0.3) is 0 Å². The lowest BCUT2D eigenvalue weighted by Crippen LogP contribution is -2.38. The number of hydrazone groups is 1. The lowest BCUT2D eigenvalue weighted by molar-refractivity contribution is -0.0688. The van der Waals surface area contributed by atoms with E-state index in [2.05, 4.69) is 5.10 Å². The number of ether oxygens (including phenoxy) is 1. The molecule has 4 nitrogen and oxygen atoms in total. The van der Waals surface area contributed by atoms with Gasteiger partial charge in [-0.1, -0.05) is 13.8 Å². The third-order valence-electron chi connectivity index (χ3n) is 1.67. The minimum absolute atomic E-state index is 0.0278. The van der Waals surface area contributed by atoms with E-state index in [1.165, 1.54) is 0 Å². The summed E-state index contributed by atoms with van der Waals surface area (Å²) < 4.78 is 5.14. The maximum absolute atomic E-state index is 5.14. The van der Waals surface area contributed by atoms with E-state index in [4.69, 9.17) is 4.74 Å². The third kappa shape index (κ3) is 2.11. The van der Waals surface area contributed by atoms with Crippen LogP contribution in [0.4, 0.5) is 0 Å². The third-order valence-corrected chi connectivity index (χ3v) is 1.67. The van der Waals surface area contributed by atoms with E-state index in [0.717, 1.165) is 5.84 Å². The second-order valence-corrected chi connectivity index (χ2v) is 2.39. The molecule has 12 heavy (non-hydrogen) atoms. The Kier molecular flexibility index (Phi) is 4.66. The Hall–Kier alpha value is -0.770. The summed E-state index contributed by atoms with van der Waals surface area (Å²) in [7, 11) is 5.52. The quantitative estimate of drug-likeness (QED) is 0.595. The first-order chi connectivity index (χ1) is 5.66. The highest BCUT2D eigenvalue weighted by Crippen LogP contribution is 2.11. The Bertz CT molecular complexity index is 158. The van der Waals surface area contributed by atoms with Crippen LogP contribution >= 0.6 is 0 Å². The number of methoxy groups -OCH3 is 1. The summed E-state index contributed by atoms with van der Waals surface area (Å²) in [6.07, 6.45) is -0.0278. The van der Waals surface area contributed by atoms with Gasteiger partial charge >= 0.3 is 0 Å². The average molecular weight is 173 g/mol. The van der Waals surface area contributed by atoms with Gasteiger partial charge in [-0.25, -0.2) is 0 Å². The van der Waals surface area contributed by atoms with Crippen LogP contribution in [-0.4, -0.2) is 43.3 Å². The van der Waals surface area contributed by atoms with Crippen LogP contribution in [0.5, 0.6) is 0 Å². The number of nitrogens with zero attached hydrogens (tertiary/aromatic N) is 3. The van der Waals surface area contributed by atoms with E-state index in [9.17, 15) is 0 Å². The fourth-order valence-corrected chi connectivity index (χ4v) is 1.07. The van der Waals surface area contributed by atoms with E-state index in [0.29, 0.717) is 0 Å². The highest BCUT2D eigenvalue weighted by molar-refractivity contribution is 5.80. The van der Waals surface area contributed by atoms with Gasteiger partial charge in [0.25, 0.3) is 0 Å². The molecule has 1 aliphatic rings. The van der Waals surface area contributed by atoms with Gasteiger partial charge in [0.15, 0.2) is 0 Å². The number of amidine groups is 1. The number of rotatable bonds is 1. The van der Waals surface area contributed by atoms with Gasteiger partial charge in [0.05, 0.1) is 0 Å². The first-order valence-corrected chi connectivity index (χ1v) is 4.20. The van der Waals surface area contributed by atoms with E-state index in [1.807, 2.05) is 39.8 Å². The Morgan fingerprint density at radius 2 is 1.83 bits per heavy atom. The summed E-state index contributed by atoms with van der Waals surface area (Å²) in [5.74, 6) is 0.981. The van der Waals surface area contributed by atoms with Crippen LogP contribution in [0.3, 0.4) is 0 Å². The topological polar surface area (TPSA) is 28.1 Å². The molecule has 4 heteroatoms. The molecule has 0 aromatic carbocycles. The van der Waals surface area contributed by atoms with Gasteiger partial charge < -0.3 is 9.64 Å². The molecule has 0 aliphatic carbocycles. The van der Waals surface area contributed by atoms with E-state index in [-0.39, 0.29) is 6.35 Å². The van der Waals surface area contributed by atoms with Gasteiger partial charge in [0.2, 0.25) is 6.35 Å². The summed E-state index contributed by atoms with van der Waals surface area (Å²) in [6, 6.07) is 0. The van der Waals surface area contributed by atoms with Crippen molar-refractivity contribution in [3.05, 3.63) is 0 Å². The van der Waals surface area contributed by atoms with E-state index in [1.54, 1.807) is 12.1 Å². The van der Waals surface area contributed by atoms with Crippen LogP contribution in [0.15, 0.2) is 5.10 Å². The van der Waals surface area contributed by atoms with Crippen LogP contribution in [-0.2, 0) is 4.74 Å². The van der Waals surface area contributed by atoms with Gasteiger partial charge in [-0.2, -0.15) is 5.10 Å². The summed E-state index contributed by atoms with van der Waals surface area (Å²) in [4.78, 5) is 1.97. The van der Waals surface area contributed by atoms with Crippen molar-refractivity contribution in [2.75, 3.05) is 21.2 Å². The summed E-state index contributed by atoms with van der Waals surface area (Å²) >= 11 is 0. The molecule has 0 radical (unpaired) electrons. The van der Waals surface area contributed by atoms with Crippen LogP contribution in [0.1, 0.15) is 20.8 Å². The molecule has 1 unspecified atom stereocenters. The van der Waals surface area contributed by atoms with Crippen molar-refractivity contribution in [1.29, 1.82) is 0 Å². The SMILES string of the molecule is CC.COC1N(C)N=C(C)N1C. The Morgan fingerprint density at radius 3 is 2.00 bits per heavy atom. The molecular weight excluding hydrogens is 154 g/mol. The Balaban J connectivity index is 0.000000561. The highest BCUT2D eigenvalue weighted by atomic mass is 16.5. The van der Waals surface area contributed by atoms with Crippen LogP contribution in [0, 0.1) is 0 Å². The highest BCUT2D eigenvalue weighted by Gasteiger charge is 2.25. The van der Waals surface area contributed by atoms with Gasteiger partial charge in [-0.3, -0.25) is 5.01 Å². The van der Waals surface area contributed by atoms with Crippen LogP contribution < -0.4 is 0 Å². The molecule has 0 bridgehead atoms. The molecule has 0 fully saturated rings. The first kappa shape index (κ1) is 11.2. The molecule has 0 N–H and O–H groups in total. The summed E-state index contributed by atoms with van der Waals surface area (Å²) in [6.45, 7) is 5.95. The standard InChI is InChI=1S/C6H13N3O.C2H6/c1-5-7-9(3)6(10-4)8(5)2;1-2/h6H,1-4H3;1-2H3. The van der Waals surface area contributed by atoms with Gasteiger partial charge in [0, 0.05) is 21.2 Å². The van der Waals surface area contributed by atoms with Crippen molar-refractivity contribution >= 4 is 5.84 Å². The average Bonchev–Trinajstić information content (AvgIpc) is 2.31. The van der Waals surface area contributed by atoms with E-state index < -0.39 is 0 Å². The van der Waals surface area contributed by atoms with Crippen molar-refractivity contribution in [1.82, 2.24) is 9.91 Å². The van der Waals surface area contributed by atoms with Gasteiger partial charge in [-0.05, 0) is 6.92 Å². The van der Waals surface area contributed by atoms with Crippen molar-refractivity contribution in [3.8, 4) is 0 Å². The second kappa shape index (κ2) is 4.98. The molecule has 0 aromatic rings. The Labute approximate surface area is 74.8 Å². The summed E-state index contributed by atoms with van der Waals surface area (Å²) in [5, 5.41) is 5.96. The molecule has 0 saturated carbocycles. The molecule has 1 aliphatic heterocycles. The van der Waals surface area contributed by atoms with Gasteiger partial charge in [-0.15, -0.1) is 0 Å². The predicted molar refractivity (Wildman–Crippen MR) is 50.8 cm³/mol. The largest absolute Gasteiger partial charge is 0.343 e. The van der Waals surface area contributed by atoms with E-state index >= 15 is 0 Å². The van der Waals surface area contributed by atoms with Crippen molar-refractivity contribution in [2.24, 2.45) is 5.10 Å². The Morgan fingerprint density at radius 1 is 1.33 bits per heavy atom. The molecular formula is C8H19N3O. The van der Waals surface area contributed by atoms with Crippen molar-refractivity contribution in [3.63, 3.8) is 0 Å². The molecule has 1 heterocycles. The molecule has 1 rings (SSSR count). The fraction of sp³-hybridized carbons (Fsp3) is 0.875. The molecule has 0 saturated heterocycles. The zero-order valence-corrected chi connectivity index (χ0v) is 8.83. The maximum Gasteiger partial charge on any atom is 0.225 e. The van der Waals surface area contributed by atoms with Crippen molar-refractivity contribution < 1.29 is 4.74 Å². The monoisotopic (exact) mass is 173 g/mol. The summed E-state index contributed by atoms with van der Waals surface area (Å²) in [5.41, 5.74) is 0. The lowest BCUT2D eigenvalue weighted by Gasteiger charge is -2.23. The number of hydrogen-bond acceptors (Lipinski definition) is 4. The minimum atomic E-state index is -0.0278. The molecule has 0 aromatic heterocycles. The molecule has 0 spiro atoms. The molecule has 72 valence electrons. The second-order valence-electron chi connectivity index (χ2n) is 2.39. The zero-order chi connectivity index (χ0) is 9.72. The van der Waals surface area contributed by atoms with Crippen molar-refractivity contribution in [2.45, 2.75) is 27.1 Å². The minimum Gasteiger partial charge on any atom is -0.343 e. The number of hydrogen-bond donors (Lipinski definition) is 0. The van der Waals surface area contributed by atoms with Crippen LogP contribution in [0.2, 0.25) is 0 Å². The lowest BCUT2D eigenvalue weighted by atomic mass is 10.6. The zero-order valence-electron chi connectivity index (χ0n) is 8.83. The smallest absolute Gasteiger partial charge is 0.225 e. The van der Waals surface area contributed by atoms with Gasteiger partial charge in [0.1, 0.15) is 5.84 Å². The molecule has 1 atom stereocenters. The normalized spacial score (nSPS) is 21.8.